The van der Waals surface area contributed by atoms with Crippen molar-refractivity contribution in [2.24, 2.45) is 5.73 Å². The van der Waals surface area contributed by atoms with Crippen LogP contribution in [0.2, 0.25) is 0 Å². The lowest BCUT2D eigenvalue weighted by molar-refractivity contribution is 0.100. The van der Waals surface area contributed by atoms with E-state index in [-0.39, 0.29) is 5.91 Å². The first-order chi connectivity index (χ1) is 6.75. The van der Waals surface area contributed by atoms with E-state index in [2.05, 4.69) is 10.6 Å². The number of carbonyl (C=O) groups excluding carboxylic acids is 1. The van der Waals surface area contributed by atoms with Gasteiger partial charge in [-0.3, -0.25) is 4.79 Å². The van der Waals surface area contributed by atoms with Crippen molar-refractivity contribution in [2.75, 3.05) is 18.4 Å². The zero-order chi connectivity index (χ0) is 9.97. The highest BCUT2D eigenvalue weighted by Gasteiger charge is 2.15. The second-order valence-electron chi connectivity index (χ2n) is 3.44. The van der Waals surface area contributed by atoms with Crippen molar-refractivity contribution in [3.63, 3.8) is 0 Å². The number of hydrogen-bond donors (Lipinski definition) is 3. The second-order valence-corrected chi connectivity index (χ2v) is 3.44. The molecule has 0 aliphatic carbocycles. The summed E-state index contributed by atoms with van der Waals surface area (Å²) in [7, 11) is 0. The van der Waals surface area contributed by atoms with Crippen molar-refractivity contribution in [1.29, 1.82) is 0 Å². The predicted molar refractivity (Wildman–Crippen MR) is 55.2 cm³/mol. The van der Waals surface area contributed by atoms with Gasteiger partial charge in [0.15, 0.2) is 0 Å². The summed E-state index contributed by atoms with van der Waals surface area (Å²) < 4.78 is 0. The zero-order valence-electron chi connectivity index (χ0n) is 7.79. The summed E-state index contributed by atoms with van der Waals surface area (Å²) in [6.07, 6.45) is 0. The number of hydrogen-bond acceptors (Lipinski definition) is 3. The van der Waals surface area contributed by atoms with Gasteiger partial charge in [-0.05, 0) is 18.2 Å². The van der Waals surface area contributed by atoms with E-state index in [1.54, 1.807) is 12.1 Å². The monoisotopic (exact) mass is 191 g/mol. The van der Waals surface area contributed by atoms with Gasteiger partial charge in [0, 0.05) is 24.3 Å². The van der Waals surface area contributed by atoms with Crippen molar-refractivity contribution >= 4 is 11.6 Å². The van der Waals surface area contributed by atoms with Crippen LogP contribution in [-0.4, -0.2) is 25.0 Å². The highest BCUT2D eigenvalue weighted by Crippen LogP contribution is 2.12. The Balaban J connectivity index is 2.09. The second kappa shape index (κ2) is 3.67. The molecule has 4 nitrogen and oxygen atoms in total. The smallest absolute Gasteiger partial charge is 0.248 e. The van der Waals surface area contributed by atoms with E-state index in [0.717, 1.165) is 18.8 Å². The quantitative estimate of drug-likeness (QED) is 0.638. The first-order valence-corrected chi connectivity index (χ1v) is 4.63. The van der Waals surface area contributed by atoms with Crippen LogP contribution in [0.5, 0.6) is 0 Å². The molecule has 1 fully saturated rings. The Kier molecular flexibility index (Phi) is 2.37. The van der Waals surface area contributed by atoms with Crippen molar-refractivity contribution in [3.8, 4) is 0 Å². The van der Waals surface area contributed by atoms with Gasteiger partial charge < -0.3 is 16.4 Å². The molecule has 1 aliphatic rings. The van der Waals surface area contributed by atoms with Crippen LogP contribution in [-0.2, 0) is 0 Å². The fourth-order valence-electron chi connectivity index (χ4n) is 1.39. The molecule has 0 saturated carbocycles. The van der Waals surface area contributed by atoms with Crippen LogP contribution >= 0.6 is 0 Å². The summed E-state index contributed by atoms with van der Waals surface area (Å²) in [4.78, 5) is 10.9. The van der Waals surface area contributed by atoms with Crippen LogP contribution in [0.3, 0.4) is 0 Å². The van der Waals surface area contributed by atoms with Gasteiger partial charge >= 0.3 is 0 Å². The lowest BCUT2D eigenvalue weighted by Crippen LogP contribution is -2.51. The first-order valence-electron chi connectivity index (χ1n) is 4.63. The van der Waals surface area contributed by atoms with E-state index in [0.29, 0.717) is 11.6 Å². The zero-order valence-corrected chi connectivity index (χ0v) is 7.79. The van der Waals surface area contributed by atoms with Crippen LogP contribution in [0.15, 0.2) is 24.3 Å². The fraction of sp³-hybridized carbons (Fsp3) is 0.300. The van der Waals surface area contributed by atoms with E-state index in [9.17, 15) is 4.79 Å². The average Bonchev–Trinajstić information content (AvgIpc) is 2.12. The Morgan fingerprint density at radius 2 is 2.29 bits per heavy atom. The first kappa shape index (κ1) is 9.02. The van der Waals surface area contributed by atoms with E-state index in [4.69, 9.17) is 5.73 Å². The molecule has 1 heterocycles. The van der Waals surface area contributed by atoms with Crippen molar-refractivity contribution < 1.29 is 4.79 Å². The summed E-state index contributed by atoms with van der Waals surface area (Å²) >= 11 is 0. The lowest BCUT2D eigenvalue weighted by atomic mass is 10.1. The summed E-state index contributed by atoms with van der Waals surface area (Å²) in [5.74, 6) is -0.389. The number of primary amides is 1. The van der Waals surface area contributed by atoms with Crippen molar-refractivity contribution in [3.05, 3.63) is 29.8 Å². The van der Waals surface area contributed by atoms with Gasteiger partial charge in [-0.1, -0.05) is 6.07 Å². The van der Waals surface area contributed by atoms with Crippen LogP contribution in [0.4, 0.5) is 5.69 Å². The van der Waals surface area contributed by atoms with Gasteiger partial charge in [0.2, 0.25) is 5.91 Å². The molecule has 0 bridgehead atoms. The molecule has 74 valence electrons. The molecule has 1 aliphatic heterocycles. The Morgan fingerprint density at radius 1 is 1.50 bits per heavy atom. The Morgan fingerprint density at radius 3 is 2.86 bits per heavy atom. The Hall–Kier alpha value is -1.55. The normalized spacial score (nSPS) is 16.0. The number of nitrogens with one attached hydrogen (secondary N) is 2. The molecule has 0 aromatic heterocycles. The molecule has 0 spiro atoms. The van der Waals surface area contributed by atoms with E-state index >= 15 is 0 Å². The average molecular weight is 191 g/mol. The molecule has 14 heavy (non-hydrogen) atoms. The molecule has 4 N–H and O–H groups in total. The number of anilines is 1. The molecular weight excluding hydrogens is 178 g/mol. The Bertz CT molecular complexity index is 347. The number of benzene rings is 1. The van der Waals surface area contributed by atoms with E-state index in [1.165, 1.54) is 0 Å². The maximum Gasteiger partial charge on any atom is 0.248 e. The maximum absolute atomic E-state index is 10.9. The third-order valence-electron chi connectivity index (χ3n) is 2.30. The maximum atomic E-state index is 10.9. The minimum atomic E-state index is -0.389. The van der Waals surface area contributed by atoms with Gasteiger partial charge in [-0.2, -0.15) is 0 Å². The highest BCUT2D eigenvalue weighted by molar-refractivity contribution is 5.93. The molecular formula is C10H13N3O. The molecule has 1 aromatic rings. The number of carbonyl (C=O) groups is 1. The molecule has 0 unspecified atom stereocenters. The van der Waals surface area contributed by atoms with Gasteiger partial charge in [-0.25, -0.2) is 0 Å². The minimum Gasteiger partial charge on any atom is -0.380 e. The molecule has 0 atom stereocenters. The SMILES string of the molecule is NC(=O)c1cccc(NC2CNC2)c1. The van der Waals surface area contributed by atoms with Crippen LogP contribution in [0.25, 0.3) is 0 Å². The third kappa shape index (κ3) is 1.85. The van der Waals surface area contributed by atoms with Crippen molar-refractivity contribution in [1.82, 2.24) is 5.32 Å². The highest BCUT2D eigenvalue weighted by atomic mass is 16.1. The lowest BCUT2D eigenvalue weighted by Gasteiger charge is -2.29. The van der Waals surface area contributed by atoms with Crippen LogP contribution in [0.1, 0.15) is 10.4 Å². The van der Waals surface area contributed by atoms with Gasteiger partial charge in [0.05, 0.1) is 6.04 Å². The predicted octanol–water partition coefficient (Wildman–Crippen LogP) is 0.169. The standard InChI is InChI=1S/C10H13N3O/c11-10(14)7-2-1-3-8(4-7)13-9-5-12-6-9/h1-4,9,12-13H,5-6H2,(H2,11,14). The van der Waals surface area contributed by atoms with Gasteiger partial charge in [0.1, 0.15) is 0 Å². The number of amides is 1. The van der Waals surface area contributed by atoms with Crippen LogP contribution < -0.4 is 16.4 Å². The van der Waals surface area contributed by atoms with Crippen molar-refractivity contribution in [2.45, 2.75) is 6.04 Å². The van der Waals surface area contributed by atoms with Gasteiger partial charge in [-0.15, -0.1) is 0 Å². The molecule has 4 heteroatoms. The van der Waals surface area contributed by atoms with E-state index < -0.39 is 0 Å². The largest absolute Gasteiger partial charge is 0.380 e. The molecule has 0 radical (unpaired) electrons. The summed E-state index contributed by atoms with van der Waals surface area (Å²) in [5, 5.41) is 6.47. The number of rotatable bonds is 3. The molecule has 1 amide bonds. The summed E-state index contributed by atoms with van der Waals surface area (Å²) in [6, 6.07) is 7.73. The van der Waals surface area contributed by atoms with Gasteiger partial charge in [0.25, 0.3) is 0 Å². The molecule has 1 aromatic carbocycles. The topological polar surface area (TPSA) is 67.2 Å². The van der Waals surface area contributed by atoms with E-state index in [1.807, 2.05) is 12.1 Å². The Labute approximate surface area is 82.5 Å². The summed E-state index contributed by atoms with van der Waals surface area (Å²) in [5.41, 5.74) is 6.68. The molecule has 2 rings (SSSR count). The third-order valence-corrected chi connectivity index (χ3v) is 2.30. The number of nitrogens with two attached hydrogens (primary N) is 1. The van der Waals surface area contributed by atoms with Crippen LogP contribution in [0, 0.1) is 0 Å². The fourth-order valence-corrected chi connectivity index (χ4v) is 1.39. The summed E-state index contributed by atoms with van der Waals surface area (Å²) in [6.45, 7) is 1.95. The minimum absolute atomic E-state index is 0.389. The molecule has 1 saturated heterocycles.